The smallest absolute Gasteiger partial charge is 0.329 e. The number of anilines is 1. The van der Waals surface area contributed by atoms with Gasteiger partial charge < -0.3 is 9.80 Å². The highest BCUT2D eigenvalue weighted by Crippen LogP contribution is 2.27. The molecule has 0 aliphatic carbocycles. The van der Waals surface area contributed by atoms with Crippen molar-refractivity contribution in [2.24, 2.45) is 0 Å². The maximum Gasteiger partial charge on any atom is 0.329 e. The van der Waals surface area contributed by atoms with Gasteiger partial charge in [-0.3, -0.25) is 13.9 Å². The van der Waals surface area contributed by atoms with Gasteiger partial charge in [0.05, 0.1) is 11.0 Å². The van der Waals surface area contributed by atoms with Gasteiger partial charge in [-0.15, -0.1) is 0 Å². The third kappa shape index (κ3) is 3.15. The lowest BCUT2D eigenvalue weighted by Crippen LogP contribution is -2.50. The fourth-order valence-electron chi connectivity index (χ4n) is 4.01. The zero-order chi connectivity index (χ0) is 20.7. The minimum atomic E-state index is -0.132. The third-order valence-electron chi connectivity index (χ3n) is 5.59. The molecule has 1 amide bonds. The quantitative estimate of drug-likeness (QED) is 0.504. The molecule has 1 aromatic carbocycles. The summed E-state index contributed by atoms with van der Waals surface area (Å²) < 4.78 is 3.30. The lowest BCUT2D eigenvalue weighted by Gasteiger charge is -2.34. The van der Waals surface area contributed by atoms with Gasteiger partial charge in [-0.1, -0.05) is 23.5 Å². The Morgan fingerprint density at radius 1 is 1.03 bits per heavy atom. The van der Waals surface area contributed by atoms with Crippen LogP contribution in [0.5, 0.6) is 0 Å². The highest BCUT2D eigenvalue weighted by Gasteiger charge is 2.24. The van der Waals surface area contributed by atoms with Gasteiger partial charge in [0.15, 0.2) is 5.13 Å². The first kappa shape index (κ1) is 18.8. The number of piperazine rings is 1. The van der Waals surface area contributed by atoms with Crippen LogP contribution in [0.3, 0.4) is 0 Å². The number of amides is 1. The third-order valence-corrected chi connectivity index (χ3v) is 6.63. The standard InChI is InChI=1S/C21H22N6O2S/c1-2-26-16-7-3-4-8-17(16)27(21(26)29)14-18(28)24-10-12-25(13-11-24)20-23-15-6-5-9-22-19(15)30-20/h3-9H,2,10-14H2,1H3. The molecule has 0 radical (unpaired) electrons. The van der Waals surface area contributed by atoms with Crippen LogP contribution in [-0.2, 0) is 17.9 Å². The van der Waals surface area contributed by atoms with E-state index in [1.807, 2.05) is 48.2 Å². The number of aromatic nitrogens is 4. The van der Waals surface area contributed by atoms with E-state index in [2.05, 4.69) is 14.9 Å². The molecule has 154 valence electrons. The minimum Gasteiger partial charge on any atom is -0.344 e. The van der Waals surface area contributed by atoms with Crippen LogP contribution in [0.25, 0.3) is 21.4 Å². The lowest BCUT2D eigenvalue weighted by molar-refractivity contribution is -0.132. The van der Waals surface area contributed by atoms with E-state index in [-0.39, 0.29) is 18.1 Å². The lowest BCUT2D eigenvalue weighted by atomic mass is 10.3. The Balaban J connectivity index is 1.30. The molecule has 0 saturated carbocycles. The SMILES string of the molecule is CCn1c(=O)n(CC(=O)N2CCN(c3nc4cccnc4s3)CC2)c2ccccc21. The van der Waals surface area contributed by atoms with Crippen molar-refractivity contribution >= 4 is 43.8 Å². The number of aryl methyl sites for hydroxylation is 1. The maximum atomic E-state index is 13.0. The summed E-state index contributed by atoms with van der Waals surface area (Å²) in [4.78, 5) is 39.7. The van der Waals surface area contributed by atoms with Crippen molar-refractivity contribution in [2.75, 3.05) is 31.1 Å². The topological polar surface area (TPSA) is 76.3 Å². The minimum absolute atomic E-state index is 0.0262. The molecule has 0 spiro atoms. The van der Waals surface area contributed by atoms with Gasteiger partial charge >= 0.3 is 5.69 Å². The number of thiazole rings is 1. The summed E-state index contributed by atoms with van der Waals surface area (Å²) in [6.07, 6.45) is 1.78. The predicted octanol–water partition coefficient (Wildman–Crippen LogP) is 2.18. The number of benzene rings is 1. The van der Waals surface area contributed by atoms with Gasteiger partial charge in [-0.2, -0.15) is 0 Å². The first-order valence-electron chi connectivity index (χ1n) is 10.1. The van der Waals surface area contributed by atoms with E-state index < -0.39 is 0 Å². The number of carbonyl (C=O) groups is 1. The summed E-state index contributed by atoms with van der Waals surface area (Å²) in [7, 11) is 0. The number of hydrogen-bond acceptors (Lipinski definition) is 6. The van der Waals surface area contributed by atoms with E-state index in [4.69, 9.17) is 0 Å². The van der Waals surface area contributed by atoms with Crippen molar-refractivity contribution in [2.45, 2.75) is 20.0 Å². The average molecular weight is 423 g/mol. The number of pyridine rings is 1. The van der Waals surface area contributed by atoms with Crippen LogP contribution in [0, 0.1) is 0 Å². The molecule has 0 unspecified atom stereocenters. The number of hydrogen-bond donors (Lipinski definition) is 0. The van der Waals surface area contributed by atoms with Gasteiger partial charge in [0.1, 0.15) is 16.9 Å². The number of imidazole rings is 1. The summed E-state index contributed by atoms with van der Waals surface area (Å²) >= 11 is 1.58. The summed E-state index contributed by atoms with van der Waals surface area (Å²) in [6, 6.07) is 11.5. The van der Waals surface area contributed by atoms with E-state index in [0.29, 0.717) is 19.6 Å². The van der Waals surface area contributed by atoms with Crippen molar-refractivity contribution in [3.63, 3.8) is 0 Å². The van der Waals surface area contributed by atoms with E-state index in [1.54, 1.807) is 26.7 Å². The molecular formula is C21H22N6O2S. The van der Waals surface area contributed by atoms with Crippen LogP contribution in [0.2, 0.25) is 0 Å². The van der Waals surface area contributed by atoms with Gasteiger partial charge in [-0.05, 0) is 31.2 Å². The average Bonchev–Trinajstić information content (AvgIpc) is 3.33. The van der Waals surface area contributed by atoms with Gasteiger partial charge in [0.2, 0.25) is 5.91 Å². The molecular weight excluding hydrogens is 400 g/mol. The molecule has 8 nitrogen and oxygen atoms in total. The Hall–Kier alpha value is -3.20. The maximum absolute atomic E-state index is 13.0. The molecule has 30 heavy (non-hydrogen) atoms. The molecule has 5 rings (SSSR count). The number of carbonyl (C=O) groups excluding carboxylic acids is 1. The van der Waals surface area contributed by atoms with Crippen molar-refractivity contribution in [3.8, 4) is 0 Å². The normalized spacial score (nSPS) is 14.7. The van der Waals surface area contributed by atoms with Crippen LogP contribution in [0.15, 0.2) is 47.4 Å². The van der Waals surface area contributed by atoms with Crippen LogP contribution in [-0.4, -0.2) is 56.1 Å². The second kappa shape index (κ2) is 7.56. The summed E-state index contributed by atoms with van der Waals surface area (Å²) in [5, 5.41) is 0.943. The second-order valence-electron chi connectivity index (χ2n) is 7.29. The van der Waals surface area contributed by atoms with E-state index in [9.17, 15) is 9.59 Å². The highest BCUT2D eigenvalue weighted by atomic mass is 32.1. The highest BCUT2D eigenvalue weighted by molar-refractivity contribution is 7.21. The molecule has 4 aromatic rings. The molecule has 1 fully saturated rings. The first-order chi connectivity index (χ1) is 14.7. The van der Waals surface area contributed by atoms with Crippen molar-refractivity contribution in [3.05, 3.63) is 53.1 Å². The molecule has 9 heteroatoms. The summed E-state index contributed by atoms with van der Waals surface area (Å²) in [5.41, 5.74) is 2.45. The zero-order valence-electron chi connectivity index (χ0n) is 16.7. The fourth-order valence-corrected chi connectivity index (χ4v) is 4.97. The van der Waals surface area contributed by atoms with Crippen LogP contribution >= 0.6 is 11.3 Å². The summed E-state index contributed by atoms with van der Waals surface area (Å²) in [6.45, 7) is 5.26. The van der Waals surface area contributed by atoms with Gasteiger partial charge in [-0.25, -0.2) is 14.8 Å². The molecule has 1 aliphatic rings. The fraction of sp³-hybridized carbons (Fsp3) is 0.333. The molecule has 0 atom stereocenters. The van der Waals surface area contributed by atoms with Crippen molar-refractivity contribution < 1.29 is 4.79 Å². The van der Waals surface area contributed by atoms with Gasteiger partial charge in [0.25, 0.3) is 0 Å². The zero-order valence-corrected chi connectivity index (χ0v) is 17.5. The largest absolute Gasteiger partial charge is 0.344 e. The Bertz CT molecular complexity index is 1250. The Morgan fingerprint density at radius 3 is 2.47 bits per heavy atom. The molecule has 0 N–H and O–H groups in total. The second-order valence-corrected chi connectivity index (χ2v) is 8.25. The van der Waals surface area contributed by atoms with Crippen LogP contribution in [0.1, 0.15) is 6.92 Å². The molecule has 1 saturated heterocycles. The number of fused-ring (bicyclic) bond motifs is 2. The van der Waals surface area contributed by atoms with E-state index >= 15 is 0 Å². The Kier molecular flexibility index (Phi) is 4.74. The van der Waals surface area contributed by atoms with Crippen LogP contribution in [0.4, 0.5) is 5.13 Å². The first-order valence-corrected chi connectivity index (χ1v) is 10.9. The Labute approximate surface area is 177 Å². The molecule has 4 heterocycles. The Morgan fingerprint density at radius 2 is 1.77 bits per heavy atom. The molecule has 1 aliphatic heterocycles. The number of rotatable bonds is 4. The van der Waals surface area contributed by atoms with Crippen molar-refractivity contribution in [1.29, 1.82) is 0 Å². The molecule has 0 bridgehead atoms. The van der Waals surface area contributed by atoms with E-state index in [0.717, 1.165) is 39.6 Å². The monoisotopic (exact) mass is 422 g/mol. The van der Waals surface area contributed by atoms with E-state index in [1.165, 1.54) is 0 Å². The number of para-hydroxylation sites is 2. The van der Waals surface area contributed by atoms with Gasteiger partial charge in [0, 0.05) is 38.9 Å². The van der Waals surface area contributed by atoms with Crippen LogP contribution < -0.4 is 10.6 Å². The van der Waals surface area contributed by atoms with Crippen molar-refractivity contribution in [1.82, 2.24) is 24.0 Å². The summed E-state index contributed by atoms with van der Waals surface area (Å²) in [5.74, 6) is -0.0262. The number of nitrogens with zero attached hydrogens (tertiary/aromatic N) is 6. The predicted molar refractivity (Wildman–Crippen MR) is 118 cm³/mol. The molecule has 3 aromatic heterocycles.